The lowest BCUT2D eigenvalue weighted by molar-refractivity contribution is -0.147. The van der Waals surface area contributed by atoms with Gasteiger partial charge in [-0.15, -0.1) is 0 Å². The smallest absolute Gasteiger partial charge is 0.466 e. The van der Waals surface area contributed by atoms with Gasteiger partial charge in [0.1, 0.15) is 12.2 Å². The molecule has 174 valence electrons. The molecule has 0 aromatic heterocycles. The zero-order valence-electron chi connectivity index (χ0n) is 17.7. The molecule has 0 bridgehead atoms. The van der Waals surface area contributed by atoms with Crippen LogP contribution in [0.3, 0.4) is 0 Å². The number of nitrogens with two attached hydrogens (primary N) is 1. The number of hydrogen-bond acceptors (Lipinski definition) is 10. The van der Waals surface area contributed by atoms with Gasteiger partial charge in [0.15, 0.2) is 12.0 Å². The summed E-state index contributed by atoms with van der Waals surface area (Å²) < 4.78 is 40.0. The monoisotopic (exact) mass is 460 g/mol. The fourth-order valence-corrected chi connectivity index (χ4v) is 5.07. The third kappa shape index (κ3) is 5.60. The standard InChI is InChI=1S/C19H29N2O9P/c1-3-4-9-26-16(24)6-5-10-27-31(25)28-12-14-17(30-31)19(2,20)18(29-14)21-8-7-13(22)11-15(21)23/h7-8,14,17-18H,3-6,9-12,20H2,1-2H3/t14-,17-,18-,19-,31+/m1/s1. The van der Waals surface area contributed by atoms with Crippen LogP contribution in [0.2, 0.25) is 0 Å². The fourth-order valence-electron chi connectivity index (χ4n) is 3.55. The number of esters is 1. The lowest BCUT2D eigenvalue weighted by Gasteiger charge is -2.38. The van der Waals surface area contributed by atoms with Gasteiger partial charge in [0.2, 0.25) is 5.91 Å². The minimum Gasteiger partial charge on any atom is -0.466 e. The summed E-state index contributed by atoms with van der Waals surface area (Å²) in [7, 11) is -3.93. The molecule has 0 aliphatic carbocycles. The Bertz CT molecular complexity index is 784. The number of carbonyl (C=O) groups excluding carboxylic acids is 3. The molecule has 31 heavy (non-hydrogen) atoms. The first-order chi connectivity index (χ1) is 14.7. The molecule has 3 rings (SSSR count). The van der Waals surface area contributed by atoms with E-state index in [4.69, 9.17) is 28.8 Å². The summed E-state index contributed by atoms with van der Waals surface area (Å²) in [5.74, 6) is -1.10. The predicted octanol–water partition coefficient (Wildman–Crippen LogP) is 1.41. The molecular weight excluding hydrogens is 431 g/mol. The maximum Gasteiger partial charge on any atom is 0.475 e. The zero-order valence-corrected chi connectivity index (χ0v) is 18.6. The van der Waals surface area contributed by atoms with Crippen LogP contribution < -0.4 is 5.73 Å². The third-order valence-corrected chi connectivity index (χ3v) is 6.70. The Balaban J connectivity index is 1.54. The van der Waals surface area contributed by atoms with Gasteiger partial charge in [-0.05, 0) is 25.8 Å². The van der Waals surface area contributed by atoms with E-state index in [1.165, 1.54) is 17.2 Å². The van der Waals surface area contributed by atoms with Crippen LogP contribution in [0, 0.1) is 0 Å². The van der Waals surface area contributed by atoms with E-state index >= 15 is 0 Å². The Morgan fingerprint density at radius 1 is 1.35 bits per heavy atom. The highest BCUT2D eigenvalue weighted by atomic mass is 31.2. The summed E-state index contributed by atoms with van der Waals surface area (Å²) in [6.07, 6.45) is 2.02. The first-order valence-corrected chi connectivity index (χ1v) is 11.8. The van der Waals surface area contributed by atoms with Gasteiger partial charge in [-0.25, -0.2) is 4.57 Å². The molecule has 2 N–H and O–H groups in total. The fraction of sp³-hybridized carbons (Fsp3) is 0.737. The van der Waals surface area contributed by atoms with Crippen molar-refractivity contribution in [1.29, 1.82) is 0 Å². The second kappa shape index (κ2) is 9.89. The van der Waals surface area contributed by atoms with Gasteiger partial charge < -0.3 is 15.2 Å². The number of ketones is 1. The minimum atomic E-state index is -3.93. The number of allylic oxidation sites excluding steroid dienone is 1. The van der Waals surface area contributed by atoms with E-state index in [9.17, 15) is 18.9 Å². The van der Waals surface area contributed by atoms with Crippen molar-refractivity contribution in [2.45, 2.75) is 69.9 Å². The van der Waals surface area contributed by atoms with Gasteiger partial charge in [0.25, 0.3) is 0 Å². The molecule has 0 saturated carbocycles. The quantitative estimate of drug-likeness (QED) is 0.232. The van der Waals surface area contributed by atoms with Crippen LogP contribution in [0.15, 0.2) is 12.3 Å². The maximum atomic E-state index is 12.9. The van der Waals surface area contributed by atoms with Crippen LogP contribution in [0.5, 0.6) is 0 Å². The van der Waals surface area contributed by atoms with E-state index in [-0.39, 0.29) is 44.2 Å². The third-order valence-electron chi connectivity index (χ3n) is 5.25. The molecule has 0 aromatic carbocycles. The molecule has 2 saturated heterocycles. The summed E-state index contributed by atoms with van der Waals surface area (Å²) in [6.45, 7) is 3.86. The zero-order chi connectivity index (χ0) is 22.6. The number of rotatable bonds is 9. The molecule has 0 unspecified atom stereocenters. The highest BCUT2D eigenvalue weighted by Gasteiger charge is 2.60. The van der Waals surface area contributed by atoms with Crippen molar-refractivity contribution < 1.29 is 42.0 Å². The summed E-state index contributed by atoms with van der Waals surface area (Å²) >= 11 is 0. The summed E-state index contributed by atoms with van der Waals surface area (Å²) in [5.41, 5.74) is 5.18. The number of unbranched alkanes of at least 4 members (excludes halogenated alkanes) is 1. The minimum absolute atomic E-state index is 0.0292. The predicted molar refractivity (Wildman–Crippen MR) is 106 cm³/mol. The van der Waals surface area contributed by atoms with Gasteiger partial charge in [-0.1, -0.05) is 13.3 Å². The highest BCUT2D eigenvalue weighted by Crippen LogP contribution is 2.57. The van der Waals surface area contributed by atoms with E-state index in [1.807, 2.05) is 6.92 Å². The lowest BCUT2D eigenvalue weighted by Crippen LogP contribution is -2.60. The van der Waals surface area contributed by atoms with Gasteiger partial charge in [0, 0.05) is 12.6 Å². The number of phosphoric acid groups is 1. The van der Waals surface area contributed by atoms with Crippen LogP contribution in [0.1, 0.15) is 46.0 Å². The van der Waals surface area contributed by atoms with Crippen molar-refractivity contribution >= 4 is 25.5 Å². The van der Waals surface area contributed by atoms with Gasteiger partial charge in [-0.3, -0.25) is 32.9 Å². The molecule has 3 aliphatic rings. The van der Waals surface area contributed by atoms with Gasteiger partial charge >= 0.3 is 13.8 Å². The molecule has 11 nitrogen and oxygen atoms in total. The van der Waals surface area contributed by atoms with Crippen LogP contribution >= 0.6 is 7.82 Å². The molecule has 5 atom stereocenters. The first-order valence-electron chi connectivity index (χ1n) is 10.4. The van der Waals surface area contributed by atoms with Crippen LogP contribution in [-0.4, -0.2) is 66.4 Å². The maximum absolute atomic E-state index is 12.9. The van der Waals surface area contributed by atoms with Crippen molar-refractivity contribution in [1.82, 2.24) is 4.90 Å². The molecule has 3 heterocycles. The van der Waals surface area contributed by atoms with Crippen molar-refractivity contribution in [3.05, 3.63) is 12.3 Å². The molecule has 0 radical (unpaired) electrons. The number of carbonyl (C=O) groups is 3. The van der Waals surface area contributed by atoms with Crippen LogP contribution in [-0.2, 0) is 42.0 Å². The van der Waals surface area contributed by atoms with E-state index in [0.717, 1.165) is 12.8 Å². The molecule has 12 heteroatoms. The number of ether oxygens (including phenoxy) is 2. The second-order valence-corrected chi connectivity index (χ2v) is 9.55. The normalized spacial score (nSPS) is 35.3. The van der Waals surface area contributed by atoms with Gasteiger partial charge in [0.05, 0.1) is 31.8 Å². The van der Waals surface area contributed by atoms with E-state index < -0.39 is 37.7 Å². The van der Waals surface area contributed by atoms with Crippen molar-refractivity contribution in [2.75, 3.05) is 19.8 Å². The van der Waals surface area contributed by atoms with E-state index in [0.29, 0.717) is 6.61 Å². The average molecular weight is 460 g/mol. The Kier molecular flexibility index (Phi) is 7.67. The Hall–Kier alpha value is -1.62. The van der Waals surface area contributed by atoms with E-state index in [2.05, 4.69) is 0 Å². The van der Waals surface area contributed by atoms with Crippen LogP contribution in [0.4, 0.5) is 0 Å². The number of nitrogens with zero attached hydrogens (tertiary/aromatic N) is 1. The van der Waals surface area contributed by atoms with Crippen molar-refractivity contribution in [2.24, 2.45) is 5.73 Å². The van der Waals surface area contributed by atoms with Crippen molar-refractivity contribution in [3.63, 3.8) is 0 Å². The van der Waals surface area contributed by atoms with Crippen molar-refractivity contribution in [3.8, 4) is 0 Å². The Morgan fingerprint density at radius 3 is 2.84 bits per heavy atom. The molecule has 0 aromatic rings. The summed E-state index contributed by atoms with van der Waals surface area (Å²) in [5, 5.41) is 0. The number of hydrogen-bond donors (Lipinski definition) is 1. The Labute approximate surface area is 180 Å². The second-order valence-electron chi connectivity index (χ2n) is 7.93. The highest BCUT2D eigenvalue weighted by molar-refractivity contribution is 7.48. The van der Waals surface area contributed by atoms with E-state index in [1.54, 1.807) is 6.92 Å². The molecule has 0 spiro atoms. The molecule has 3 aliphatic heterocycles. The molecular formula is C19H29N2O9P. The average Bonchev–Trinajstić information content (AvgIpc) is 2.96. The SMILES string of the molecule is CCCCOC(=O)CCCO[P@@]1(=O)OC[C@H]2O[C@@H](N3C=CC(=O)CC3=O)[C@](C)(N)[C@@H]2O1. The lowest BCUT2D eigenvalue weighted by atomic mass is 9.92. The number of amides is 1. The molecule has 2 fully saturated rings. The number of phosphoric ester groups is 1. The van der Waals surface area contributed by atoms with Gasteiger partial charge in [-0.2, -0.15) is 0 Å². The Morgan fingerprint density at radius 2 is 2.13 bits per heavy atom. The largest absolute Gasteiger partial charge is 0.475 e. The van der Waals surface area contributed by atoms with Crippen LogP contribution in [0.25, 0.3) is 0 Å². The topological polar surface area (TPSA) is 144 Å². The summed E-state index contributed by atoms with van der Waals surface area (Å²) in [6, 6.07) is 0. The molecule has 1 amide bonds. The summed E-state index contributed by atoms with van der Waals surface area (Å²) in [4.78, 5) is 36.5. The first kappa shape index (κ1) is 24.0. The number of fused-ring (bicyclic) bond motifs is 1.